The largest absolute Gasteiger partial charge is 0.378 e. The Morgan fingerprint density at radius 2 is 1.90 bits per heavy atom. The molecule has 3 heterocycles. The van der Waals surface area contributed by atoms with Crippen LogP contribution in [-0.4, -0.2) is 61.3 Å². The Balaban J connectivity index is 1.21. The molecule has 1 fully saturated rings. The number of anilines is 1. The first-order chi connectivity index (χ1) is 15.2. The van der Waals surface area contributed by atoms with Crippen LogP contribution in [0, 0.1) is 0 Å². The summed E-state index contributed by atoms with van der Waals surface area (Å²) in [4.78, 5) is 21.6. The normalized spacial score (nSPS) is 17.6. The standard InChI is InChI=1S/C24H33N5O2/c1-2-22(29-10-9-20-5-3-4-6-21(20)18-29)17-27-24(30)26-16-19-7-8-23(25-15-19)28-11-13-31-14-12-28/h3-8,15,22H,2,9-14,16-18H2,1H3,(H2,26,27,30). The third kappa shape index (κ3) is 5.74. The van der Waals surface area contributed by atoms with E-state index in [2.05, 4.69) is 56.6 Å². The van der Waals surface area contributed by atoms with Crippen LogP contribution in [-0.2, 0) is 24.2 Å². The van der Waals surface area contributed by atoms with Crippen molar-refractivity contribution >= 4 is 11.8 Å². The molecule has 1 unspecified atom stereocenters. The maximum Gasteiger partial charge on any atom is 0.315 e. The lowest BCUT2D eigenvalue weighted by molar-refractivity contribution is 0.122. The van der Waals surface area contributed by atoms with Crippen molar-refractivity contribution < 1.29 is 9.53 Å². The molecule has 0 saturated carbocycles. The van der Waals surface area contributed by atoms with Gasteiger partial charge in [0, 0.05) is 51.5 Å². The highest BCUT2D eigenvalue weighted by Gasteiger charge is 2.22. The average molecular weight is 424 g/mol. The van der Waals surface area contributed by atoms with Gasteiger partial charge < -0.3 is 20.3 Å². The first-order valence-corrected chi connectivity index (χ1v) is 11.3. The quantitative estimate of drug-likeness (QED) is 0.716. The summed E-state index contributed by atoms with van der Waals surface area (Å²) >= 11 is 0. The number of hydrogen-bond acceptors (Lipinski definition) is 5. The molecule has 0 bridgehead atoms. The smallest absolute Gasteiger partial charge is 0.315 e. The summed E-state index contributed by atoms with van der Waals surface area (Å²) in [7, 11) is 0. The molecular formula is C24H33N5O2. The van der Waals surface area contributed by atoms with Crippen molar-refractivity contribution in [3.63, 3.8) is 0 Å². The Morgan fingerprint density at radius 1 is 1.10 bits per heavy atom. The Bertz CT molecular complexity index is 851. The molecule has 0 aliphatic carbocycles. The van der Waals surface area contributed by atoms with Gasteiger partial charge in [-0.25, -0.2) is 9.78 Å². The van der Waals surface area contributed by atoms with E-state index in [0.717, 1.165) is 63.6 Å². The van der Waals surface area contributed by atoms with Gasteiger partial charge in [0.25, 0.3) is 0 Å². The number of ether oxygens (including phenoxy) is 1. The second-order valence-electron chi connectivity index (χ2n) is 8.24. The minimum atomic E-state index is -0.131. The molecule has 2 N–H and O–H groups in total. The van der Waals surface area contributed by atoms with E-state index in [4.69, 9.17) is 4.74 Å². The number of nitrogens with one attached hydrogen (secondary N) is 2. The highest BCUT2D eigenvalue weighted by atomic mass is 16.5. The van der Waals surface area contributed by atoms with Gasteiger partial charge in [-0.1, -0.05) is 37.3 Å². The molecule has 2 amide bonds. The number of carbonyl (C=O) groups is 1. The van der Waals surface area contributed by atoms with E-state index < -0.39 is 0 Å². The van der Waals surface area contributed by atoms with Crippen LogP contribution in [0.25, 0.3) is 0 Å². The maximum atomic E-state index is 12.3. The summed E-state index contributed by atoms with van der Waals surface area (Å²) in [5, 5.41) is 6.01. The molecule has 1 saturated heterocycles. The molecule has 166 valence electrons. The molecular weight excluding hydrogens is 390 g/mol. The number of rotatable bonds is 7. The van der Waals surface area contributed by atoms with Gasteiger partial charge in [-0.3, -0.25) is 4.90 Å². The van der Waals surface area contributed by atoms with Crippen molar-refractivity contribution in [3.05, 3.63) is 59.3 Å². The predicted molar refractivity (Wildman–Crippen MR) is 122 cm³/mol. The molecule has 7 heteroatoms. The van der Waals surface area contributed by atoms with Gasteiger partial charge in [-0.05, 0) is 35.6 Å². The number of nitrogens with zero attached hydrogens (tertiary/aromatic N) is 3. The van der Waals surface area contributed by atoms with E-state index in [-0.39, 0.29) is 6.03 Å². The molecule has 31 heavy (non-hydrogen) atoms. The van der Waals surface area contributed by atoms with Crippen LogP contribution < -0.4 is 15.5 Å². The zero-order valence-corrected chi connectivity index (χ0v) is 18.3. The molecule has 2 aliphatic rings. The van der Waals surface area contributed by atoms with Gasteiger partial charge in [0.1, 0.15) is 5.82 Å². The van der Waals surface area contributed by atoms with E-state index in [0.29, 0.717) is 19.1 Å². The molecule has 7 nitrogen and oxygen atoms in total. The van der Waals surface area contributed by atoms with E-state index >= 15 is 0 Å². The number of carbonyl (C=O) groups excluding carboxylic acids is 1. The third-order valence-corrected chi connectivity index (χ3v) is 6.24. The Labute approximate surface area is 184 Å². The van der Waals surface area contributed by atoms with Crippen molar-refractivity contribution in [2.75, 3.05) is 44.3 Å². The topological polar surface area (TPSA) is 69.7 Å². The number of fused-ring (bicyclic) bond motifs is 1. The highest BCUT2D eigenvalue weighted by molar-refractivity contribution is 5.73. The summed E-state index contributed by atoms with van der Waals surface area (Å²) in [6, 6.07) is 12.9. The van der Waals surface area contributed by atoms with Crippen LogP contribution in [0.4, 0.5) is 10.6 Å². The minimum Gasteiger partial charge on any atom is -0.378 e. The van der Waals surface area contributed by atoms with E-state index in [1.54, 1.807) is 0 Å². The molecule has 1 aromatic heterocycles. The molecule has 1 atom stereocenters. The van der Waals surface area contributed by atoms with Gasteiger partial charge in [0.2, 0.25) is 0 Å². The average Bonchev–Trinajstić information content (AvgIpc) is 2.84. The van der Waals surface area contributed by atoms with Gasteiger partial charge in [-0.2, -0.15) is 0 Å². The van der Waals surface area contributed by atoms with Crippen molar-refractivity contribution in [1.29, 1.82) is 0 Å². The lowest BCUT2D eigenvalue weighted by Gasteiger charge is -2.35. The maximum absolute atomic E-state index is 12.3. The monoisotopic (exact) mass is 423 g/mol. The van der Waals surface area contributed by atoms with E-state index in [9.17, 15) is 4.79 Å². The second kappa shape index (κ2) is 10.6. The number of benzene rings is 1. The van der Waals surface area contributed by atoms with Gasteiger partial charge in [0.15, 0.2) is 0 Å². The van der Waals surface area contributed by atoms with Crippen molar-refractivity contribution in [1.82, 2.24) is 20.5 Å². The Kier molecular flexibility index (Phi) is 7.38. The summed E-state index contributed by atoms with van der Waals surface area (Å²) in [5.41, 5.74) is 3.85. The summed E-state index contributed by atoms with van der Waals surface area (Å²) < 4.78 is 5.38. The van der Waals surface area contributed by atoms with Gasteiger partial charge >= 0.3 is 6.03 Å². The zero-order chi connectivity index (χ0) is 21.5. The van der Waals surface area contributed by atoms with Crippen molar-refractivity contribution in [2.45, 2.75) is 38.9 Å². The molecule has 1 aromatic carbocycles. The number of hydrogen-bond donors (Lipinski definition) is 2. The Morgan fingerprint density at radius 3 is 2.65 bits per heavy atom. The number of pyridine rings is 1. The van der Waals surface area contributed by atoms with Gasteiger partial charge in [-0.15, -0.1) is 0 Å². The number of urea groups is 1. The first-order valence-electron chi connectivity index (χ1n) is 11.3. The lowest BCUT2D eigenvalue weighted by atomic mass is 9.98. The van der Waals surface area contributed by atoms with Crippen LogP contribution in [0.5, 0.6) is 0 Å². The fourth-order valence-corrected chi connectivity index (χ4v) is 4.32. The second-order valence-corrected chi connectivity index (χ2v) is 8.24. The van der Waals surface area contributed by atoms with Crippen molar-refractivity contribution in [2.24, 2.45) is 0 Å². The molecule has 2 aliphatic heterocycles. The summed E-state index contributed by atoms with van der Waals surface area (Å²) in [5.74, 6) is 0.963. The fraction of sp³-hybridized carbons (Fsp3) is 0.500. The minimum absolute atomic E-state index is 0.131. The SMILES string of the molecule is CCC(CNC(=O)NCc1ccc(N2CCOCC2)nc1)N1CCc2ccccc2C1. The number of morpholine rings is 1. The number of amides is 2. The van der Waals surface area contributed by atoms with Gasteiger partial charge in [0.05, 0.1) is 13.2 Å². The lowest BCUT2D eigenvalue weighted by Crippen LogP contribution is -2.47. The van der Waals surface area contributed by atoms with Crippen molar-refractivity contribution in [3.8, 4) is 0 Å². The van der Waals surface area contributed by atoms with Crippen LogP contribution in [0.2, 0.25) is 0 Å². The molecule has 2 aromatic rings. The van der Waals surface area contributed by atoms with Crippen LogP contribution in [0.3, 0.4) is 0 Å². The summed E-state index contributed by atoms with van der Waals surface area (Å²) in [6.45, 7) is 8.53. The summed E-state index contributed by atoms with van der Waals surface area (Å²) in [6.07, 6.45) is 3.92. The predicted octanol–water partition coefficient (Wildman–Crippen LogP) is 2.55. The Hall–Kier alpha value is -2.64. The van der Waals surface area contributed by atoms with E-state index in [1.807, 2.05) is 18.3 Å². The third-order valence-electron chi connectivity index (χ3n) is 6.24. The van der Waals surface area contributed by atoms with Crippen LogP contribution in [0.15, 0.2) is 42.6 Å². The number of aromatic nitrogens is 1. The van der Waals surface area contributed by atoms with E-state index in [1.165, 1.54) is 11.1 Å². The zero-order valence-electron chi connectivity index (χ0n) is 18.3. The first kappa shape index (κ1) is 21.6. The van der Waals surface area contributed by atoms with Crippen LogP contribution in [0.1, 0.15) is 30.0 Å². The molecule has 0 spiro atoms. The fourth-order valence-electron chi connectivity index (χ4n) is 4.32. The molecule has 0 radical (unpaired) electrons. The van der Waals surface area contributed by atoms with Crippen LogP contribution >= 0.6 is 0 Å². The molecule has 4 rings (SSSR count). The highest BCUT2D eigenvalue weighted by Crippen LogP contribution is 2.21.